The Kier molecular flexibility index (Phi) is 5.67. The van der Waals surface area contributed by atoms with Crippen molar-refractivity contribution in [1.29, 1.82) is 0 Å². The monoisotopic (exact) mass is 376 g/mol. The van der Waals surface area contributed by atoms with Gasteiger partial charge in [0.15, 0.2) is 0 Å². The molecule has 0 atom stereocenters. The average Bonchev–Trinajstić information content (AvgIpc) is 3.25. The quantitative estimate of drug-likeness (QED) is 0.622. The van der Waals surface area contributed by atoms with E-state index in [4.69, 9.17) is 11.6 Å². The molecule has 3 heterocycles. The van der Waals surface area contributed by atoms with Crippen LogP contribution in [0.25, 0.3) is 5.65 Å². The van der Waals surface area contributed by atoms with Gasteiger partial charge in [-0.25, -0.2) is 4.98 Å². The van der Waals surface area contributed by atoms with Crippen molar-refractivity contribution < 1.29 is 9.59 Å². The fourth-order valence-corrected chi connectivity index (χ4v) is 3.13. The third-order valence-corrected chi connectivity index (χ3v) is 4.49. The molecule has 0 bridgehead atoms. The van der Waals surface area contributed by atoms with Crippen molar-refractivity contribution in [3.05, 3.63) is 57.6 Å². The fourth-order valence-electron chi connectivity index (χ4n) is 2.33. The summed E-state index contributed by atoms with van der Waals surface area (Å²) in [5.74, 6) is -0.176. The first kappa shape index (κ1) is 17.4. The van der Waals surface area contributed by atoms with Gasteiger partial charge >= 0.3 is 0 Å². The Morgan fingerprint density at radius 3 is 2.88 bits per heavy atom. The van der Waals surface area contributed by atoms with Crippen molar-refractivity contribution >= 4 is 40.4 Å². The number of thiophene rings is 1. The number of rotatable bonds is 7. The van der Waals surface area contributed by atoms with E-state index in [0.29, 0.717) is 36.5 Å². The van der Waals surface area contributed by atoms with E-state index in [9.17, 15) is 9.59 Å². The van der Waals surface area contributed by atoms with E-state index in [1.807, 2.05) is 22.0 Å². The van der Waals surface area contributed by atoms with Crippen LogP contribution in [0.4, 0.5) is 0 Å². The predicted molar refractivity (Wildman–Crippen MR) is 97.9 cm³/mol. The fraction of sp³-hybridized carbons (Fsp3) is 0.235. The third kappa shape index (κ3) is 4.80. The molecule has 0 spiro atoms. The molecule has 2 amide bonds. The maximum absolute atomic E-state index is 11.9. The Bertz CT molecular complexity index is 876. The highest BCUT2D eigenvalue weighted by molar-refractivity contribution is 7.08. The number of carbonyl (C=O) groups is 2. The topological polar surface area (TPSA) is 75.5 Å². The van der Waals surface area contributed by atoms with Crippen LogP contribution in [-0.2, 0) is 11.3 Å². The summed E-state index contributed by atoms with van der Waals surface area (Å²) >= 11 is 7.41. The predicted octanol–water partition coefficient (Wildman–Crippen LogP) is 2.88. The van der Waals surface area contributed by atoms with Crippen LogP contribution in [-0.4, -0.2) is 27.7 Å². The number of halogens is 1. The van der Waals surface area contributed by atoms with Gasteiger partial charge < -0.3 is 15.0 Å². The first-order valence-electron chi connectivity index (χ1n) is 7.82. The Hall–Kier alpha value is -2.38. The normalized spacial score (nSPS) is 10.8. The molecule has 0 radical (unpaired) electrons. The third-order valence-electron chi connectivity index (χ3n) is 3.58. The molecule has 3 rings (SSSR count). The summed E-state index contributed by atoms with van der Waals surface area (Å²) < 4.78 is 1.82. The molecule has 0 fully saturated rings. The van der Waals surface area contributed by atoms with E-state index in [-0.39, 0.29) is 11.8 Å². The number of hydrogen-bond donors (Lipinski definition) is 2. The molecule has 25 heavy (non-hydrogen) atoms. The molecular formula is C17H17ClN4O2S. The van der Waals surface area contributed by atoms with E-state index in [0.717, 1.165) is 11.3 Å². The van der Waals surface area contributed by atoms with Gasteiger partial charge in [0.25, 0.3) is 5.91 Å². The molecule has 8 heteroatoms. The molecule has 0 unspecified atom stereocenters. The molecule has 0 saturated carbocycles. The summed E-state index contributed by atoms with van der Waals surface area (Å²) in [5.41, 5.74) is 2.20. The first-order valence-corrected chi connectivity index (χ1v) is 9.14. The molecule has 2 N–H and O–H groups in total. The lowest BCUT2D eigenvalue weighted by atomic mass is 10.2. The molecule has 0 saturated heterocycles. The van der Waals surface area contributed by atoms with Crippen molar-refractivity contribution in [3.63, 3.8) is 0 Å². The Morgan fingerprint density at radius 1 is 1.20 bits per heavy atom. The number of nitrogens with zero attached hydrogens (tertiary/aromatic N) is 2. The van der Waals surface area contributed by atoms with Crippen molar-refractivity contribution in [2.24, 2.45) is 0 Å². The molecular weight excluding hydrogens is 360 g/mol. The number of carbonyl (C=O) groups excluding carboxylic acids is 2. The number of aromatic nitrogens is 2. The van der Waals surface area contributed by atoms with Crippen LogP contribution < -0.4 is 10.6 Å². The number of hydrogen-bond acceptors (Lipinski definition) is 4. The summed E-state index contributed by atoms with van der Waals surface area (Å²) in [5, 5.41) is 9.91. The SMILES string of the molecule is O=C(CCCNC(=O)c1ccsc1)NCc1cn2cc(Cl)ccc2n1. The smallest absolute Gasteiger partial charge is 0.252 e. The molecule has 0 aliphatic carbocycles. The van der Waals surface area contributed by atoms with Crippen LogP contribution in [0.5, 0.6) is 0 Å². The van der Waals surface area contributed by atoms with Crippen LogP contribution in [0.15, 0.2) is 41.4 Å². The number of amides is 2. The summed E-state index contributed by atoms with van der Waals surface area (Å²) in [7, 11) is 0. The second-order valence-corrected chi connectivity index (χ2v) is 6.71. The van der Waals surface area contributed by atoms with Gasteiger partial charge in [0.2, 0.25) is 5.91 Å². The van der Waals surface area contributed by atoms with Crippen molar-refractivity contribution in [1.82, 2.24) is 20.0 Å². The van der Waals surface area contributed by atoms with Crippen LogP contribution in [0.2, 0.25) is 5.02 Å². The zero-order valence-electron chi connectivity index (χ0n) is 13.4. The zero-order valence-corrected chi connectivity index (χ0v) is 14.9. The van der Waals surface area contributed by atoms with Gasteiger partial charge in [-0.05, 0) is 30.0 Å². The van der Waals surface area contributed by atoms with Crippen LogP contribution >= 0.6 is 22.9 Å². The average molecular weight is 377 g/mol. The van der Waals surface area contributed by atoms with Crippen molar-refractivity contribution in [2.75, 3.05) is 6.54 Å². The highest BCUT2D eigenvalue weighted by Crippen LogP contribution is 2.11. The van der Waals surface area contributed by atoms with Gasteiger partial charge in [0, 0.05) is 36.3 Å². The minimum atomic E-state index is -0.106. The van der Waals surface area contributed by atoms with Crippen molar-refractivity contribution in [3.8, 4) is 0 Å². The second kappa shape index (κ2) is 8.13. The van der Waals surface area contributed by atoms with Crippen LogP contribution in [0.3, 0.4) is 0 Å². The van der Waals surface area contributed by atoms with Gasteiger partial charge in [0.1, 0.15) is 5.65 Å². The van der Waals surface area contributed by atoms with Crippen LogP contribution in [0.1, 0.15) is 28.9 Å². The number of imidazole rings is 1. The highest BCUT2D eigenvalue weighted by atomic mass is 35.5. The highest BCUT2D eigenvalue weighted by Gasteiger charge is 2.07. The van der Waals surface area contributed by atoms with Crippen LogP contribution in [0, 0.1) is 0 Å². The Labute approximate surface area is 153 Å². The van der Waals surface area contributed by atoms with Gasteiger partial charge in [-0.3, -0.25) is 9.59 Å². The molecule has 3 aromatic rings. The first-order chi connectivity index (χ1) is 12.1. The lowest BCUT2D eigenvalue weighted by molar-refractivity contribution is -0.121. The maximum Gasteiger partial charge on any atom is 0.252 e. The lowest BCUT2D eigenvalue weighted by Crippen LogP contribution is -2.27. The van der Waals surface area contributed by atoms with E-state index in [1.165, 1.54) is 11.3 Å². The molecule has 0 aromatic carbocycles. The van der Waals surface area contributed by atoms with Gasteiger partial charge in [-0.1, -0.05) is 11.6 Å². The summed E-state index contributed by atoms with van der Waals surface area (Å²) in [4.78, 5) is 28.0. The van der Waals surface area contributed by atoms with Gasteiger partial charge in [-0.15, -0.1) is 0 Å². The number of pyridine rings is 1. The van der Waals surface area contributed by atoms with Gasteiger partial charge in [0.05, 0.1) is 17.3 Å². The van der Waals surface area contributed by atoms with Crippen molar-refractivity contribution in [2.45, 2.75) is 19.4 Å². The Balaban J connectivity index is 1.38. The van der Waals surface area contributed by atoms with E-state index >= 15 is 0 Å². The number of nitrogens with one attached hydrogen (secondary N) is 2. The summed E-state index contributed by atoms with van der Waals surface area (Å²) in [6.45, 7) is 0.828. The molecule has 0 aliphatic rings. The maximum atomic E-state index is 11.9. The molecule has 0 aliphatic heterocycles. The summed E-state index contributed by atoms with van der Waals surface area (Å²) in [6.07, 6.45) is 4.54. The standard InChI is InChI=1S/C17H17ClN4O2S/c18-13-3-4-15-21-14(10-22(15)9-13)8-20-16(23)2-1-6-19-17(24)12-5-7-25-11-12/h3-5,7,9-11H,1-2,6,8H2,(H,19,24)(H,20,23). The van der Waals surface area contributed by atoms with E-state index in [1.54, 1.807) is 23.7 Å². The Morgan fingerprint density at radius 2 is 2.08 bits per heavy atom. The minimum absolute atomic E-state index is 0.0696. The number of fused-ring (bicyclic) bond motifs is 1. The lowest BCUT2D eigenvalue weighted by Gasteiger charge is -2.05. The van der Waals surface area contributed by atoms with E-state index < -0.39 is 0 Å². The molecule has 130 valence electrons. The van der Waals surface area contributed by atoms with E-state index in [2.05, 4.69) is 15.6 Å². The minimum Gasteiger partial charge on any atom is -0.352 e. The second-order valence-electron chi connectivity index (χ2n) is 5.49. The summed E-state index contributed by atoms with van der Waals surface area (Å²) in [6, 6.07) is 5.37. The zero-order chi connectivity index (χ0) is 17.6. The molecule has 6 nitrogen and oxygen atoms in total. The van der Waals surface area contributed by atoms with Gasteiger partial charge in [-0.2, -0.15) is 11.3 Å². The molecule has 3 aromatic heterocycles. The largest absolute Gasteiger partial charge is 0.352 e.